The van der Waals surface area contributed by atoms with Crippen molar-refractivity contribution in [1.29, 1.82) is 0 Å². The van der Waals surface area contributed by atoms with Crippen molar-refractivity contribution >= 4 is 40.4 Å². The zero-order valence-electron chi connectivity index (χ0n) is 8.93. The van der Waals surface area contributed by atoms with Crippen LogP contribution in [0.2, 0.25) is 0 Å². The molecule has 0 N–H and O–H groups in total. The third kappa shape index (κ3) is 39.2. The molecule has 0 saturated carbocycles. The Kier molecular flexibility index (Phi) is 86.7. The molecule has 0 bridgehead atoms. The SMILES string of the molecule is [Al+3].[CH2-]CCC.[Cl-].[Cl-].[Cl-].[Mg+2].[c-]1ccccc1. The molecule has 0 heterocycles. The summed E-state index contributed by atoms with van der Waals surface area (Å²) in [4.78, 5) is 0. The van der Waals surface area contributed by atoms with E-state index in [9.17, 15) is 0 Å². The molecule has 0 saturated heterocycles. The van der Waals surface area contributed by atoms with Crippen molar-refractivity contribution in [2.75, 3.05) is 0 Å². The van der Waals surface area contributed by atoms with Gasteiger partial charge in [0.25, 0.3) is 0 Å². The van der Waals surface area contributed by atoms with Gasteiger partial charge < -0.3 is 44.1 Å². The molecule has 0 aromatic heterocycles. The van der Waals surface area contributed by atoms with Gasteiger partial charge in [-0.1, -0.05) is 13.3 Å². The van der Waals surface area contributed by atoms with Crippen molar-refractivity contribution in [3.8, 4) is 0 Å². The normalized spacial score (nSPS) is 5.20. The van der Waals surface area contributed by atoms with E-state index in [0.29, 0.717) is 0 Å². The molecule has 0 amide bonds. The van der Waals surface area contributed by atoms with Crippen LogP contribution in [0.15, 0.2) is 30.3 Å². The third-order valence-corrected chi connectivity index (χ3v) is 0.961. The molecule has 0 radical (unpaired) electrons. The Labute approximate surface area is 139 Å². The monoisotopic (exact) mass is 290 g/mol. The van der Waals surface area contributed by atoms with Gasteiger partial charge >= 0.3 is 40.4 Å². The number of hydrogen-bond acceptors (Lipinski definition) is 0. The molecule has 0 atom stereocenters. The summed E-state index contributed by atoms with van der Waals surface area (Å²) in [5.41, 5.74) is 0. The Morgan fingerprint density at radius 1 is 1.00 bits per heavy atom. The topological polar surface area (TPSA) is 0 Å². The summed E-state index contributed by atoms with van der Waals surface area (Å²) in [7, 11) is 0. The van der Waals surface area contributed by atoms with Crippen LogP contribution >= 0.6 is 0 Å². The summed E-state index contributed by atoms with van der Waals surface area (Å²) >= 11 is 0. The summed E-state index contributed by atoms with van der Waals surface area (Å²) < 4.78 is 0. The molecular formula is C10H14AlCl3Mg. The second-order valence-corrected chi connectivity index (χ2v) is 1.93. The minimum absolute atomic E-state index is 0. The zero-order chi connectivity index (χ0) is 7.66. The molecular weight excluding hydrogens is 278 g/mol. The average Bonchev–Trinajstić information content (AvgIpc) is 2.08. The Bertz CT molecular complexity index is 113. The quantitative estimate of drug-likeness (QED) is 0.357. The number of benzene rings is 1. The van der Waals surface area contributed by atoms with E-state index in [-0.39, 0.29) is 77.6 Å². The predicted octanol–water partition coefficient (Wildman–Crippen LogP) is -6.64. The average molecular weight is 292 g/mol. The van der Waals surface area contributed by atoms with Crippen LogP contribution in [-0.2, 0) is 0 Å². The van der Waals surface area contributed by atoms with Gasteiger partial charge in [-0.3, -0.25) is 0 Å². The number of hydrogen-bond donors (Lipinski definition) is 0. The van der Waals surface area contributed by atoms with Gasteiger partial charge in [-0.2, -0.15) is 42.8 Å². The second-order valence-electron chi connectivity index (χ2n) is 1.93. The maximum atomic E-state index is 3.60. The van der Waals surface area contributed by atoms with E-state index in [1.165, 1.54) is 6.42 Å². The molecule has 0 aliphatic carbocycles. The van der Waals surface area contributed by atoms with Crippen LogP contribution in [0.1, 0.15) is 19.8 Å². The summed E-state index contributed by atoms with van der Waals surface area (Å²) in [6, 6.07) is 12.5. The summed E-state index contributed by atoms with van der Waals surface area (Å²) in [5.74, 6) is 0. The molecule has 1 aromatic rings. The van der Waals surface area contributed by atoms with Crippen LogP contribution < -0.4 is 37.2 Å². The van der Waals surface area contributed by atoms with Gasteiger partial charge in [0, 0.05) is 0 Å². The summed E-state index contributed by atoms with van der Waals surface area (Å²) in [6.45, 7) is 5.72. The minimum atomic E-state index is 0. The van der Waals surface area contributed by atoms with E-state index in [2.05, 4.69) is 19.9 Å². The smallest absolute Gasteiger partial charge is 1.00 e. The van der Waals surface area contributed by atoms with Crippen LogP contribution in [0.4, 0.5) is 0 Å². The van der Waals surface area contributed by atoms with Gasteiger partial charge in [-0.25, -0.2) is 0 Å². The van der Waals surface area contributed by atoms with Crippen LogP contribution in [0, 0.1) is 13.0 Å². The van der Waals surface area contributed by atoms with Crippen molar-refractivity contribution in [3.63, 3.8) is 0 Å². The summed E-state index contributed by atoms with van der Waals surface area (Å²) in [6.07, 6.45) is 2.28. The molecule has 0 nitrogen and oxygen atoms in total. The van der Waals surface area contributed by atoms with E-state index in [0.717, 1.165) is 6.42 Å². The predicted molar refractivity (Wildman–Crippen MR) is 57.1 cm³/mol. The largest absolute Gasteiger partial charge is 3.00 e. The molecule has 0 fully saturated rings. The number of halogens is 3. The van der Waals surface area contributed by atoms with Crippen LogP contribution in [0.3, 0.4) is 0 Å². The van der Waals surface area contributed by atoms with E-state index in [4.69, 9.17) is 0 Å². The van der Waals surface area contributed by atoms with Crippen molar-refractivity contribution in [3.05, 3.63) is 43.3 Å². The van der Waals surface area contributed by atoms with E-state index < -0.39 is 0 Å². The number of rotatable bonds is 1. The van der Waals surface area contributed by atoms with E-state index in [1.807, 2.05) is 30.3 Å². The standard InChI is InChI=1S/C6H5.C4H9.Al.3ClH.Mg/c1-2-4-6-5-3-1;1-3-4-2;;;;;/h1-5H;1,3-4H2,2H3;;3*1H;/q2*-1;+3;;;;+2/p-3. The second kappa shape index (κ2) is 36.1. The van der Waals surface area contributed by atoms with Crippen molar-refractivity contribution < 1.29 is 37.2 Å². The van der Waals surface area contributed by atoms with Gasteiger partial charge in [0.1, 0.15) is 0 Å². The van der Waals surface area contributed by atoms with Crippen LogP contribution in [0.25, 0.3) is 0 Å². The van der Waals surface area contributed by atoms with E-state index >= 15 is 0 Å². The molecule has 1 aromatic carbocycles. The molecule has 80 valence electrons. The fourth-order valence-electron chi connectivity index (χ4n) is 0.342. The fraction of sp³-hybridized carbons (Fsp3) is 0.300. The van der Waals surface area contributed by atoms with Crippen molar-refractivity contribution in [1.82, 2.24) is 0 Å². The van der Waals surface area contributed by atoms with Gasteiger partial charge in [0.15, 0.2) is 0 Å². The van der Waals surface area contributed by atoms with E-state index in [1.54, 1.807) is 0 Å². The van der Waals surface area contributed by atoms with Gasteiger partial charge in [-0.05, 0) is 0 Å². The maximum absolute atomic E-state index is 3.60. The first-order chi connectivity index (χ1) is 4.91. The third-order valence-electron chi connectivity index (χ3n) is 0.961. The first-order valence-electron chi connectivity index (χ1n) is 3.62. The Hall–Kier alpha value is 1.39. The molecule has 5 heteroatoms. The zero-order valence-corrected chi connectivity index (χ0v) is 13.8. The Morgan fingerprint density at radius 3 is 1.40 bits per heavy atom. The van der Waals surface area contributed by atoms with Crippen LogP contribution in [0.5, 0.6) is 0 Å². The molecule has 15 heavy (non-hydrogen) atoms. The molecule has 0 unspecified atom stereocenters. The molecule has 0 aliphatic heterocycles. The molecule has 1 rings (SSSR count). The fourth-order valence-corrected chi connectivity index (χ4v) is 0.342. The van der Waals surface area contributed by atoms with Gasteiger partial charge in [0.2, 0.25) is 0 Å². The molecule has 0 spiro atoms. The minimum Gasteiger partial charge on any atom is -1.00 e. The maximum Gasteiger partial charge on any atom is 3.00 e. The summed E-state index contributed by atoms with van der Waals surface area (Å²) in [5, 5.41) is 0. The van der Waals surface area contributed by atoms with Gasteiger partial charge in [-0.15, -0.1) is 0 Å². The Balaban J connectivity index is -0.0000000211. The Morgan fingerprint density at radius 2 is 1.33 bits per heavy atom. The first-order valence-corrected chi connectivity index (χ1v) is 3.62. The van der Waals surface area contributed by atoms with Crippen molar-refractivity contribution in [2.24, 2.45) is 0 Å². The van der Waals surface area contributed by atoms with Crippen molar-refractivity contribution in [2.45, 2.75) is 19.8 Å². The van der Waals surface area contributed by atoms with Crippen LogP contribution in [-0.4, -0.2) is 40.4 Å². The number of unbranched alkanes of at least 4 members (excludes halogenated alkanes) is 1. The molecule has 0 aliphatic rings. The van der Waals surface area contributed by atoms with Gasteiger partial charge in [0.05, 0.1) is 0 Å². The first kappa shape index (κ1) is 36.0.